The molecule has 4 fully saturated rings. The van der Waals surface area contributed by atoms with Gasteiger partial charge in [0.1, 0.15) is 17.5 Å². The van der Waals surface area contributed by atoms with Crippen LogP contribution in [0.5, 0.6) is 5.75 Å². The van der Waals surface area contributed by atoms with Gasteiger partial charge in [0.2, 0.25) is 27.8 Å². The number of aliphatic hydroxyl groups is 1. The highest BCUT2D eigenvalue weighted by atomic mass is 32.2. The third kappa shape index (κ3) is 8.84. The van der Waals surface area contributed by atoms with Gasteiger partial charge in [-0.1, -0.05) is 12.1 Å². The highest BCUT2D eigenvalue weighted by molar-refractivity contribution is 7.89. The maximum atomic E-state index is 13.8. The zero-order valence-electron chi connectivity index (χ0n) is 31.0. The number of imide groups is 1. The third-order valence-electron chi connectivity index (χ3n) is 11.6. The minimum Gasteiger partial charge on any atom is -0.490 e. The van der Waals surface area contributed by atoms with Gasteiger partial charge in [-0.25, -0.2) is 26.5 Å². The SMILES string of the molecule is C[C@@]1(O)CCC[C@H]1n1c(=O)c(C(F)F)cc2cnc(NC3CCN(S(=O)(=O)CCCN4CCC(Oc5cccc(C6CCC(=O)NC6=O)c5)CC4)CC3)nc21. The topological polar surface area (TPSA) is 176 Å². The first-order valence-electron chi connectivity index (χ1n) is 19.3. The van der Waals surface area contributed by atoms with E-state index in [2.05, 4.69) is 25.5 Å². The van der Waals surface area contributed by atoms with Crippen LogP contribution in [0.15, 0.2) is 41.3 Å². The Bertz CT molecular complexity index is 2070. The van der Waals surface area contributed by atoms with Gasteiger partial charge < -0.3 is 20.1 Å². The number of amides is 2. The molecule has 2 amide bonds. The molecule has 1 unspecified atom stereocenters. The summed E-state index contributed by atoms with van der Waals surface area (Å²) < 4.78 is 63.2. The summed E-state index contributed by atoms with van der Waals surface area (Å²) >= 11 is 0. The van der Waals surface area contributed by atoms with E-state index >= 15 is 0 Å². The molecule has 5 heterocycles. The molecule has 1 aliphatic carbocycles. The number of alkyl halides is 2. The van der Waals surface area contributed by atoms with Crippen LogP contribution in [0.2, 0.25) is 0 Å². The Balaban J connectivity index is 0.873. The summed E-state index contributed by atoms with van der Waals surface area (Å²) in [4.78, 5) is 48.2. The molecule has 298 valence electrons. The van der Waals surface area contributed by atoms with Crippen molar-refractivity contribution in [3.63, 3.8) is 0 Å². The number of carbonyl (C=O) groups excluding carboxylic acids is 2. The van der Waals surface area contributed by atoms with Crippen molar-refractivity contribution in [2.24, 2.45) is 0 Å². The molecule has 2 aromatic heterocycles. The number of nitrogens with zero attached hydrogens (tertiary/aromatic N) is 5. The molecule has 14 nitrogen and oxygen atoms in total. The van der Waals surface area contributed by atoms with Gasteiger partial charge in [0.15, 0.2) is 0 Å². The highest BCUT2D eigenvalue weighted by Gasteiger charge is 2.40. The monoisotopic (exact) mass is 785 g/mol. The Labute approximate surface area is 318 Å². The highest BCUT2D eigenvalue weighted by Crippen LogP contribution is 2.40. The van der Waals surface area contributed by atoms with E-state index in [-0.39, 0.29) is 52.6 Å². The largest absolute Gasteiger partial charge is 0.490 e. The fraction of sp³-hybridized carbons (Fsp3) is 0.605. The molecule has 55 heavy (non-hydrogen) atoms. The van der Waals surface area contributed by atoms with E-state index in [1.165, 1.54) is 15.1 Å². The van der Waals surface area contributed by atoms with Gasteiger partial charge in [-0.15, -0.1) is 0 Å². The number of carbonyl (C=O) groups is 2. The number of fused-ring (bicyclic) bond motifs is 1. The number of piperidine rings is 3. The second-order valence-corrected chi connectivity index (χ2v) is 17.6. The van der Waals surface area contributed by atoms with Crippen molar-refractivity contribution in [2.75, 3.05) is 43.8 Å². The maximum Gasteiger partial charge on any atom is 0.269 e. The van der Waals surface area contributed by atoms with Crippen molar-refractivity contribution in [1.29, 1.82) is 0 Å². The molecule has 17 heteroatoms. The first-order valence-corrected chi connectivity index (χ1v) is 20.9. The lowest BCUT2D eigenvalue weighted by molar-refractivity contribution is -0.134. The number of halogens is 2. The predicted molar refractivity (Wildman–Crippen MR) is 201 cm³/mol. The van der Waals surface area contributed by atoms with E-state index in [0.29, 0.717) is 76.8 Å². The van der Waals surface area contributed by atoms with E-state index in [9.17, 15) is 36.7 Å². The Morgan fingerprint density at radius 1 is 1.05 bits per heavy atom. The summed E-state index contributed by atoms with van der Waals surface area (Å²) in [7, 11) is -3.47. The number of benzene rings is 1. The van der Waals surface area contributed by atoms with Crippen molar-refractivity contribution < 1.29 is 36.6 Å². The van der Waals surface area contributed by atoms with Crippen LogP contribution in [0.3, 0.4) is 0 Å². The Morgan fingerprint density at radius 3 is 2.51 bits per heavy atom. The van der Waals surface area contributed by atoms with Crippen LogP contribution < -0.4 is 20.9 Å². The minimum absolute atomic E-state index is 0.0128. The van der Waals surface area contributed by atoms with Crippen LogP contribution in [-0.4, -0.2) is 105 Å². The van der Waals surface area contributed by atoms with Crippen molar-refractivity contribution in [1.82, 2.24) is 29.1 Å². The maximum absolute atomic E-state index is 13.8. The Morgan fingerprint density at radius 2 is 1.82 bits per heavy atom. The molecule has 1 aromatic carbocycles. The lowest BCUT2D eigenvalue weighted by Crippen LogP contribution is -2.44. The van der Waals surface area contributed by atoms with E-state index in [4.69, 9.17) is 4.74 Å². The average molecular weight is 786 g/mol. The number of sulfonamides is 1. The van der Waals surface area contributed by atoms with Crippen molar-refractivity contribution >= 4 is 38.8 Å². The molecule has 3 aliphatic heterocycles. The van der Waals surface area contributed by atoms with Gasteiger partial charge in [-0.05, 0) is 95.0 Å². The Hall–Kier alpha value is -4.06. The summed E-state index contributed by atoms with van der Waals surface area (Å²) in [6.07, 6.45) is 3.88. The average Bonchev–Trinajstić information content (AvgIpc) is 3.50. The summed E-state index contributed by atoms with van der Waals surface area (Å²) in [5, 5.41) is 16.9. The summed E-state index contributed by atoms with van der Waals surface area (Å²) in [5.74, 6) is 0.0620. The first kappa shape index (κ1) is 39.2. The molecule has 1 saturated carbocycles. The zero-order chi connectivity index (χ0) is 38.9. The van der Waals surface area contributed by atoms with Crippen LogP contribution in [0.25, 0.3) is 11.0 Å². The van der Waals surface area contributed by atoms with Gasteiger partial charge >= 0.3 is 0 Å². The molecule has 3 N–H and O–H groups in total. The van der Waals surface area contributed by atoms with Gasteiger partial charge in [-0.2, -0.15) is 4.98 Å². The number of hydrogen-bond donors (Lipinski definition) is 3. The molecule has 3 atom stereocenters. The van der Waals surface area contributed by atoms with Crippen molar-refractivity contribution in [3.05, 3.63) is 58.0 Å². The van der Waals surface area contributed by atoms with E-state index in [1.807, 2.05) is 24.3 Å². The van der Waals surface area contributed by atoms with Gasteiger partial charge in [0.05, 0.1) is 28.9 Å². The number of aromatic nitrogens is 3. The second-order valence-electron chi connectivity index (χ2n) is 15.5. The standard InChI is InChI=1S/C38H49F2N7O7S/c1-38(51)14-3-7-31(38)47-34-25(22-30(33(39)40)36(47)50)23-41-37(44-34)42-26-10-18-46(19-11-26)55(52,53)20-4-15-45-16-12-27(13-17-45)54-28-6-2-5-24(21-28)29-8-9-32(48)43-35(29)49/h2,5-6,21-23,26-27,29,31,33,51H,3-4,7-20H2,1H3,(H,41,42,44)(H,43,48,49)/t29?,31-,38-/m1/s1. The molecule has 0 radical (unpaired) electrons. The lowest BCUT2D eigenvalue weighted by atomic mass is 9.90. The fourth-order valence-corrected chi connectivity index (χ4v) is 10.0. The second kappa shape index (κ2) is 16.2. The zero-order valence-corrected chi connectivity index (χ0v) is 31.8. The van der Waals surface area contributed by atoms with E-state index in [1.54, 1.807) is 6.92 Å². The minimum atomic E-state index is -3.47. The molecule has 7 rings (SSSR count). The first-order chi connectivity index (χ1) is 26.3. The third-order valence-corrected chi connectivity index (χ3v) is 13.6. The van der Waals surface area contributed by atoms with Crippen molar-refractivity contribution in [3.8, 4) is 5.75 Å². The van der Waals surface area contributed by atoms with Crippen LogP contribution >= 0.6 is 0 Å². The van der Waals surface area contributed by atoms with Crippen LogP contribution in [0.1, 0.15) is 101 Å². The fourth-order valence-electron chi connectivity index (χ4n) is 8.51. The molecule has 3 saturated heterocycles. The molecular formula is C38H49F2N7O7S. The quantitative estimate of drug-likeness (QED) is 0.228. The predicted octanol–water partition coefficient (Wildman–Crippen LogP) is 3.86. The van der Waals surface area contributed by atoms with Gasteiger partial charge in [0, 0.05) is 50.2 Å². The smallest absolute Gasteiger partial charge is 0.269 e. The van der Waals surface area contributed by atoms with Crippen LogP contribution in [0, 0.1) is 0 Å². The summed E-state index contributed by atoms with van der Waals surface area (Å²) in [6, 6.07) is 7.77. The van der Waals surface area contributed by atoms with Crippen molar-refractivity contribution in [2.45, 2.75) is 107 Å². The number of nitrogens with one attached hydrogen (secondary N) is 2. The Kier molecular flexibility index (Phi) is 11.5. The summed E-state index contributed by atoms with van der Waals surface area (Å²) in [6.45, 7) is 4.50. The van der Waals surface area contributed by atoms with E-state index < -0.39 is 39.2 Å². The van der Waals surface area contributed by atoms with Crippen LogP contribution in [0.4, 0.5) is 14.7 Å². The number of likely N-dealkylation sites (tertiary alicyclic amines) is 1. The molecule has 0 spiro atoms. The molecule has 0 bridgehead atoms. The number of hydrogen-bond acceptors (Lipinski definition) is 11. The van der Waals surface area contributed by atoms with E-state index in [0.717, 1.165) is 37.6 Å². The normalized spacial score (nSPS) is 25.1. The molecule has 4 aliphatic rings. The molecule has 3 aromatic rings. The number of rotatable bonds is 12. The lowest BCUT2D eigenvalue weighted by Gasteiger charge is -2.33. The summed E-state index contributed by atoms with van der Waals surface area (Å²) in [5.41, 5.74) is -1.78. The van der Waals surface area contributed by atoms with Gasteiger partial charge in [-0.3, -0.25) is 24.3 Å². The number of pyridine rings is 1. The van der Waals surface area contributed by atoms with Crippen LogP contribution in [-0.2, 0) is 19.6 Å². The van der Waals surface area contributed by atoms with Gasteiger partial charge in [0.25, 0.3) is 12.0 Å². The number of anilines is 1. The molecular weight excluding hydrogens is 737 g/mol. The number of ether oxygens (including phenoxy) is 1.